The van der Waals surface area contributed by atoms with Crippen LogP contribution in [0.4, 0.5) is 10.1 Å². The van der Waals surface area contributed by atoms with Crippen molar-refractivity contribution in [3.63, 3.8) is 0 Å². The Kier molecular flexibility index (Phi) is 4.50. The van der Waals surface area contributed by atoms with Crippen LogP contribution in [-0.2, 0) is 19.1 Å². The number of halogens is 1. The van der Waals surface area contributed by atoms with Crippen LogP contribution in [0, 0.1) is 24.6 Å². The van der Waals surface area contributed by atoms with E-state index in [4.69, 9.17) is 4.74 Å². The Hall–Kier alpha value is -3.06. The molecular formula is C22H21FN2O4. The second kappa shape index (κ2) is 6.77. The standard InChI is InChI=1S/C22H21FN2O4/c1-12-4-6-13(7-5-12)18-16-17(22(2,24-18)21(28)29-3)20(27)25(19(16)26)15-10-8-14(23)9-11-15/h4-11,16-18,24H,1-3H3/t16-,17-,18+,22-/m0/s1. The van der Waals surface area contributed by atoms with Gasteiger partial charge in [0, 0.05) is 6.04 Å². The topological polar surface area (TPSA) is 75.7 Å². The van der Waals surface area contributed by atoms with Crippen LogP contribution in [-0.4, -0.2) is 30.4 Å². The molecule has 0 unspecified atom stereocenters. The molecule has 2 aliphatic heterocycles. The molecule has 0 bridgehead atoms. The monoisotopic (exact) mass is 396 g/mol. The Balaban J connectivity index is 1.81. The molecule has 2 amide bonds. The molecule has 2 saturated heterocycles. The third-order valence-electron chi connectivity index (χ3n) is 5.92. The highest BCUT2D eigenvalue weighted by atomic mass is 19.1. The molecule has 4 atom stereocenters. The molecule has 0 saturated carbocycles. The summed E-state index contributed by atoms with van der Waals surface area (Å²) in [5.41, 5.74) is 0.781. The number of anilines is 1. The van der Waals surface area contributed by atoms with E-state index < -0.39 is 47.0 Å². The van der Waals surface area contributed by atoms with Gasteiger partial charge in [0.05, 0.1) is 24.6 Å². The van der Waals surface area contributed by atoms with Gasteiger partial charge in [-0.15, -0.1) is 0 Å². The van der Waals surface area contributed by atoms with Gasteiger partial charge in [-0.3, -0.25) is 19.7 Å². The molecule has 2 aromatic rings. The number of imide groups is 1. The number of nitrogens with zero attached hydrogens (tertiary/aromatic N) is 1. The van der Waals surface area contributed by atoms with Gasteiger partial charge in [-0.25, -0.2) is 9.29 Å². The minimum Gasteiger partial charge on any atom is -0.468 e. The predicted molar refractivity (Wildman–Crippen MR) is 103 cm³/mol. The Morgan fingerprint density at radius 1 is 1.07 bits per heavy atom. The van der Waals surface area contributed by atoms with E-state index >= 15 is 0 Å². The van der Waals surface area contributed by atoms with Crippen molar-refractivity contribution in [1.29, 1.82) is 0 Å². The third kappa shape index (κ3) is 2.84. The summed E-state index contributed by atoms with van der Waals surface area (Å²) >= 11 is 0. The number of aryl methyl sites for hydroxylation is 1. The molecule has 2 fully saturated rings. The zero-order chi connectivity index (χ0) is 20.9. The van der Waals surface area contributed by atoms with Gasteiger partial charge in [0.1, 0.15) is 11.4 Å². The number of methoxy groups -OCH3 is 1. The molecule has 0 aliphatic carbocycles. The van der Waals surface area contributed by atoms with E-state index in [9.17, 15) is 18.8 Å². The molecule has 7 heteroatoms. The average Bonchev–Trinajstić information content (AvgIpc) is 3.17. The van der Waals surface area contributed by atoms with Crippen LogP contribution in [0.15, 0.2) is 48.5 Å². The number of hydrogen-bond donors (Lipinski definition) is 1. The Bertz CT molecular complexity index is 989. The van der Waals surface area contributed by atoms with Crippen molar-refractivity contribution >= 4 is 23.5 Å². The van der Waals surface area contributed by atoms with E-state index in [1.807, 2.05) is 31.2 Å². The maximum absolute atomic E-state index is 13.4. The van der Waals surface area contributed by atoms with Crippen molar-refractivity contribution in [2.24, 2.45) is 11.8 Å². The van der Waals surface area contributed by atoms with Crippen LogP contribution in [0.25, 0.3) is 0 Å². The molecule has 2 aliphatic rings. The third-order valence-corrected chi connectivity index (χ3v) is 5.92. The van der Waals surface area contributed by atoms with Crippen LogP contribution in [0.3, 0.4) is 0 Å². The van der Waals surface area contributed by atoms with Crippen molar-refractivity contribution < 1.29 is 23.5 Å². The summed E-state index contributed by atoms with van der Waals surface area (Å²) in [6.45, 7) is 3.54. The number of rotatable bonds is 3. The first kappa shape index (κ1) is 19.3. The van der Waals surface area contributed by atoms with Gasteiger partial charge in [0.15, 0.2) is 0 Å². The van der Waals surface area contributed by atoms with E-state index in [2.05, 4.69) is 5.32 Å². The summed E-state index contributed by atoms with van der Waals surface area (Å²) in [6, 6.07) is 12.2. The van der Waals surface area contributed by atoms with E-state index in [1.165, 1.54) is 31.4 Å². The van der Waals surface area contributed by atoms with Gasteiger partial charge in [0.25, 0.3) is 0 Å². The fourth-order valence-electron chi connectivity index (χ4n) is 4.44. The number of fused-ring (bicyclic) bond motifs is 1. The van der Waals surface area contributed by atoms with Crippen LogP contribution >= 0.6 is 0 Å². The maximum Gasteiger partial charge on any atom is 0.326 e. The maximum atomic E-state index is 13.4. The molecule has 6 nitrogen and oxygen atoms in total. The summed E-state index contributed by atoms with van der Waals surface area (Å²) in [7, 11) is 1.25. The van der Waals surface area contributed by atoms with Crippen molar-refractivity contribution in [2.45, 2.75) is 25.4 Å². The largest absolute Gasteiger partial charge is 0.468 e. The van der Waals surface area contributed by atoms with Gasteiger partial charge in [-0.05, 0) is 43.7 Å². The van der Waals surface area contributed by atoms with Crippen molar-refractivity contribution in [2.75, 3.05) is 12.0 Å². The van der Waals surface area contributed by atoms with Gasteiger partial charge < -0.3 is 4.74 Å². The van der Waals surface area contributed by atoms with E-state index in [1.54, 1.807) is 6.92 Å². The van der Waals surface area contributed by atoms with Crippen molar-refractivity contribution in [3.8, 4) is 0 Å². The quantitative estimate of drug-likeness (QED) is 0.637. The normalized spacial score (nSPS) is 28.6. The fourth-order valence-corrected chi connectivity index (χ4v) is 4.44. The molecule has 4 rings (SSSR count). The molecule has 0 radical (unpaired) electrons. The first-order valence-electron chi connectivity index (χ1n) is 9.34. The van der Waals surface area contributed by atoms with Gasteiger partial charge in [0.2, 0.25) is 11.8 Å². The Labute approximate surface area is 167 Å². The first-order chi connectivity index (χ1) is 13.8. The lowest BCUT2D eigenvalue weighted by Crippen LogP contribution is -2.54. The predicted octanol–water partition coefficient (Wildman–Crippen LogP) is 2.52. The number of esters is 1. The summed E-state index contributed by atoms with van der Waals surface area (Å²) in [4.78, 5) is 40.4. The van der Waals surface area contributed by atoms with Crippen molar-refractivity contribution in [3.05, 3.63) is 65.5 Å². The van der Waals surface area contributed by atoms with Gasteiger partial charge in [-0.1, -0.05) is 29.8 Å². The summed E-state index contributed by atoms with van der Waals surface area (Å²) in [6.07, 6.45) is 0. The lowest BCUT2D eigenvalue weighted by molar-refractivity contribution is -0.151. The minimum atomic E-state index is -1.36. The van der Waals surface area contributed by atoms with Gasteiger partial charge >= 0.3 is 5.97 Å². The number of benzene rings is 2. The first-order valence-corrected chi connectivity index (χ1v) is 9.34. The number of ether oxygens (including phenoxy) is 1. The summed E-state index contributed by atoms with van der Waals surface area (Å²) < 4.78 is 18.3. The highest BCUT2D eigenvalue weighted by molar-refractivity contribution is 6.24. The number of nitrogens with one attached hydrogen (secondary N) is 1. The second-order valence-corrected chi connectivity index (χ2v) is 7.72. The lowest BCUT2D eigenvalue weighted by atomic mass is 9.80. The highest BCUT2D eigenvalue weighted by Gasteiger charge is 2.67. The minimum absolute atomic E-state index is 0.283. The Morgan fingerprint density at radius 2 is 1.69 bits per heavy atom. The SMILES string of the molecule is COC(=O)[C@@]1(C)N[C@H](c2ccc(C)cc2)[C@H]2C(=O)N(c3ccc(F)cc3)C(=O)[C@H]21. The molecular weight excluding hydrogens is 375 g/mol. The summed E-state index contributed by atoms with van der Waals surface area (Å²) in [5.74, 6) is -3.70. The molecule has 29 heavy (non-hydrogen) atoms. The average molecular weight is 396 g/mol. The van der Waals surface area contributed by atoms with Gasteiger partial charge in [-0.2, -0.15) is 0 Å². The number of carbonyl (C=O) groups excluding carboxylic acids is 3. The van der Waals surface area contributed by atoms with Crippen molar-refractivity contribution in [1.82, 2.24) is 5.32 Å². The van der Waals surface area contributed by atoms with Crippen LogP contribution in [0.5, 0.6) is 0 Å². The molecule has 0 aromatic heterocycles. The van der Waals surface area contributed by atoms with E-state index in [0.717, 1.165) is 16.0 Å². The van der Waals surface area contributed by atoms with Crippen LogP contribution < -0.4 is 10.2 Å². The van der Waals surface area contributed by atoms with Crippen LogP contribution in [0.1, 0.15) is 24.1 Å². The zero-order valence-electron chi connectivity index (χ0n) is 16.3. The number of amides is 2. The number of hydrogen-bond acceptors (Lipinski definition) is 5. The summed E-state index contributed by atoms with van der Waals surface area (Å²) in [5, 5.41) is 3.19. The van der Waals surface area contributed by atoms with E-state index in [0.29, 0.717) is 0 Å². The molecule has 2 heterocycles. The second-order valence-electron chi connectivity index (χ2n) is 7.72. The highest BCUT2D eigenvalue weighted by Crippen LogP contribution is 2.49. The zero-order valence-corrected chi connectivity index (χ0v) is 16.3. The fraction of sp³-hybridized carbons (Fsp3) is 0.318. The Morgan fingerprint density at radius 3 is 2.28 bits per heavy atom. The molecule has 150 valence electrons. The molecule has 2 aromatic carbocycles. The van der Waals surface area contributed by atoms with Crippen LogP contribution in [0.2, 0.25) is 0 Å². The number of carbonyl (C=O) groups is 3. The molecule has 1 N–H and O–H groups in total. The molecule has 0 spiro atoms. The van der Waals surface area contributed by atoms with E-state index in [-0.39, 0.29) is 5.69 Å². The smallest absolute Gasteiger partial charge is 0.326 e. The lowest BCUT2D eigenvalue weighted by Gasteiger charge is -2.28.